The molecule has 118 valence electrons. The molecule has 8 heteroatoms. The topological polar surface area (TPSA) is 63.2 Å². The van der Waals surface area contributed by atoms with E-state index in [-0.39, 0.29) is 5.75 Å². The number of benzene rings is 1. The summed E-state index contributed by atoms with van der Waals surface area (Å²) in [6.45, 7) is 0. The van der Waals surface area contributed by atoms with Crippen LogP contribution in [0.5, 0.6) is 0 Å². The minimum Gasteiger partial charge on any atom is -0.348 e. The third-order valence-corrected chi connectivity index (χ3v) is 3.58. The largest absolute Gasteiger partial charge is 0.389 e. The van der Waals surface area contributed by atoms with Gasteiger partial charge in [0.15, 0.2) is 0 Å². The molecule has 1 amide bonds. The summed E-state index contributed by atoms with van der Waals surface area (Å²) in [5, 5.41) is 2.34. The molecular weight excluding hydrogens is 307 g/mol. The van der Waals surface area contributed by atoms with Crippen molar-refractivity contribution in [2.75, 3.05) is 12.0 Å². The van der Waals surface area contributed by atoms with Crippen molar-refractivity contribution in [1.29, 1.82) is 0 Å². The Kier molecular flexibility index (Phi) is 5.77. The van der Waals surface area contributed by atoms with Gasteiger partial charge in [-0.15, -0.1) is 0 Å². The van der Waals surface area contributed by atoms with E-state index in [4.69, 9.17) is 0 Å². The maximum absolute atomic E-state index is 12.1. The van der Waals surface area contributed by atoms with Gasteiger partial charge in [0, 0.05) is 12.7 Å². The van der Waals surface area contributed by atoms with E-state index in [9.17, 15) is 26.4 Å². The molecule has 1 aromatic rings. The van der Waals surface area contributed by atoms with Crippen molar-refractivity contribution >= 4 is 15.7 Å². The second-order valence-corrected chi connectivity index (χ2v) is 6.92. The highest BCUT2D eigenvalue weighted by atomic mass is 32.2. The zero-order valence-corrected chi connectivity index (χ0v) is 12.2. The van der Waals surface area contributed by atoms with Crippen LogP contribution in [0.4, 0.5) is 13.2 Å². The van der Waals surface area contributed by atoms with E-state index >= 15 is 0 Å². The van der Waals surface area contributed by atoms with Crippen molar-refractivity contribution in [3.8, 4) is 0 Å². The number of carbonyl (C=O) groups excluding carboxylic acids is 1. The van der Waals surface area contributed by atoms with E-state index in [0.29, 0.717) is 5.56 Å². The first-order valence-corrected chi connectivity index (χ1v) is 8.22. The number of hydrogen-bond acceptors (Lipinski definition) is 3. The molecule has 1 rings (SSSR count). The molecule has 0 bridgehead atoms. The summed E-state index contributed by atoms with van der Waals surface area (Å²) >= 11 is 0. The van der Waals surface area contributed by atoms with E-state index in [1.807, 2.05) is 0 Å². The molecule has 0 spiro atoms. The van der Waals surface area contributed by atoms with Crippen molar-refractivity contribution in [2.45, 2.75) is 25.1 Å². The Bertz CT molecular complexity index is 570. The molecule has 0 fully saturated rings. The van der Waals surface area contributed by atoms with E-state index < -0.39 is 40.8 Å². The number of halogens is 3. The maximum atomic E-state index is 12.1. The number of amides is 1. The monoisotopic (exact) mass is 323 g/mol. The number of alkyl halides is 3. The average molecular weight is 323 g/mol. The van der Waals surface area contributed by atoms with Gasteiger partial charge in [0.25, 0.3) is 0 Å². The Hall–Kier alpha value is -1.57. The zero-order chi connectivity index (χ0) is 16.1. The average Bonchev–Trinajstić information content (AvgIpc) is 2.34. The summed E-state index contributed by atoms with van der Waals surface area (Å²) < 4.78 is 59.0. The van der Waals surface area contributed by atoms with Crippen LogP contribution in [0, 0.1) is 0 Å². The molecule has 0 heterocycles. The highest BCUT2D eigenvalue weighted by Crippen LogP contribution is 2.22. The molecule has 1 atom stereocenters. The number of hydrogen-bond donors (Lipinski definition) is 1. The number of rotatable bonds is 6. The molecule has 0 saturated carbocycles. The van der Waals surface area contributed by atoms with E-state index in [2.05, 4.69) is 5.32 Å². The third kappa shape index (κ3) is 7.69. The van der Waals surface area contributed by atoms with Crippen LogP contribution in [0.2, 0.25) is 0 Å². The van der Waals surface area contributed by atoms with Gasteiger partial charge in [0.05, 0.1) is 18.2 Å². The van der Waals surface area contributed by atoms with Crippen LogP contribution < -0.4 is 5.32 Å². The minimum absolute atomic E-state index is 0.366. The number of carbonyl (C=O) groups is 1. The van der Waals surface area contributed by atoms with Crippen LogP contribution >= 0.6 is 0 Å². The van der Waals surface area contributed by atoms with Gasteiger partial charge < -0.3 is 5.32 Å². The quantitative estimate of drug-likeness (QED) is 0.873. The fraction of sp³-hybridized carbons (Fsp3) is 0.462. The molecule has 0 aliphatic heterocycles. The van der Waals surface area contributed by atoms with Crippen LogP contribution in [-0.2, 0) is 14.6 Å². The predicted molar refractivity (Wildman–Crippen MR) is 72.3 cm³/mol. The second-order valence-electron chi connectivity index (χ2n) is 4.74. The molecule has 0 aliphatic rings. The van der Waals surface area contributed by atoms with Gasteiger partial charge in [-0.1, -0.05) is 30.3 Å². The van der Waals surface area contributed by atoms with Gasteiger partial charge in [0.2, 0.25) is 5.91 Å². The van der Waals surface area contributed by atoms with Crippen LogP contribution in [0.3, 0.4) is 0 Å². The van der Waals surface area contributed by atoms with Crippen LogP contribution in [0.1, 0.15) is 24.4 Å². The van der Waals surface area contributed by atoms with Gasteiger partial charge in [0.1, 0.15) is 9.84 Å². The van der Waals surface area contributed by atoms with Crippen molar-refractivity contribution in [3.05, 3.63) is 35.9 Å². The maximum Gasteiger partial charge on any atom is 0.389 e. The van der Waals surface area contributed by atoms with E-state index in [1.165, 1.54) is 0 Å². The number of nitrogens with one attached hydrogen (secondary N) is 1. The summed E-state index contributed by atoms with van der Waals surface area (Å²) in [6.07, 6.45) is -5.38. The summed E-state index contributed by atoms with van der Waals surface area (Å²) in [4.78, 5) is 11.6. The third-order valence-electron chi connectivity index (χ3n) is 2.64. The molecule has 1 N–H and O–H groups in total. The molecule has 0 aliphatic carbocycles. The lowest BCUT2D eigenvalue weighted by Gasteiger charge is -2.18. The fourth-order valence-electron chi connectivity index (χ4n) is 1.73. The lowest BCUT2D eigenvalue weighted by molar-refractivity contribution is -0.144. The molecule has 0 unspecified atom stereocenters. The molecule has 21 heavy (non-hydrogen) atoms. The smallest absolute Gasteiger partial charge is 0.348 e. The molecule has 1 aromatic carbocycles. The van der Waals surface area contributed by atoms with E-state index in [0.717, 1.165) is 6.26 Å². The predicted octanol–water partition coefficient (Wildman–Crippen LogP) is 2.23. The molecule has 0 saturated heterocycles. The van der Waals surface area contributed by atoms with Gasteiger partial charge in [-0.05, 0) is 5.56 Å². The first kappa shape index (κ1) is 17.5. The standard InChI is InChI=1S/C13H16F3NO3S/c1-21(19,20)9-11(10-5-3-2-4-6-10)17-12(18)7-8-13(14,15)16/h2-6,11H,7-9H2,1H3,(H,17,18)/t11-/m0/s1. The van der Waals surface area contributed by atoms with Crippen molar-refractivity contribution in [3.63, 3.8) is 0 Å². The van der Waals surface area contributed by atoms with Gasteiger partial charge >= 0.3 is 6.18 Å². The first-order chi connectivity index (χ1) is 9.57. The summed E-state index contributed by atoms with van der Waals surface area (Å²) in [5.74, 6) is -1.20. The van der Waals surface area contributed by atoms with Crippen LogP contribution in [0.15, 0.2) is 30.3 Å². The Labute approximate surface area is 121 Å². The minimum atomic E-state index is -4.42. The summed E-state index contributed by atoms with van der Waals surface area (Å²) in [5.41, 5.74) is 0.531. The van der Waals surface area contributed by atoms with Crippen molar-refractivity contribution in [1.82, 2.24) is 5.32 Å². The summed E-state index contributed by atoms with van der Waals surface area (Å²) in [6, 6.07) is 7.40. The van der Waals surface area contributed by atoms with E-state index in [1.54, 1.807) is 30.3 Å². The summed E-state index contributed by atoms with van der Waals surface area (Å²) in [7, 11) is -3.40. The van der Waals surface area contributed by atoms with Gasteiger partial charge in [-0.25, -0.2) is 8.42 Å². The lowest BCUT2D eigenvalue weighted by atomic mass is 10.1. The Balaban J connectivity index is 2.77. The van der Waals surface area contributed by atoms with Gasteiger partial charge in [-0.2, -0.15) is 13.2 Å². The first-order valence-electron chi connectivity index (χ1n) is 6.15. The zero-order valence-electron chi connectivity index (χ0n) is 11.4. The normalized spacial score (nSPS) is 13.7. The molecule has 0 aromatic heterocycles. The Morgan fingerprint density at radius 1 is 1.24 bits per heavy atom. The Morgan fingerprint density at radius 2 is 1.81 bits per heavy atom. The van der Waals surface area contributed by atoms with Crippen molar-refractivity contribution in [2.24, 2.45) is 0 Å². The SMILES string of the molecule is CS(=O)(=O)C[C@H](NC(=O)CCC(F)(F)F)c1ccccc1. The van der Waals surface area contributed by atoms with Crippen LogP contribution in [0.25, 0.3) is 0 Å². The van der Waals surface area contributed by atoms with Crippen molar-refractivity contribution < 1.29 is 26.4 Å². The molecular formula is C13H16F3NO3S. The Morgan fingerprint density at radius 3 is 2.29 bits per heavy atom. The number of sulfone groups is 1. The molecule has 0 radical (unpaired) electrons. The molecule has 4 nitrogen and oxygen atoms in total. The van der Waals surface area contributed by atoms with Crippen LogP contribution in [-0.4, -0.2) is 32.5 Å². The van der Waals surface area contributed by atoms with Gasteiger partial charge in [-0.3, -0.25) is 4.79 Å². The second kappa shape index (κ2) is 6.93. The highest BCUT2D eigenvalue weighted by molar-refractivity contribution is 7.90. The lowest BCUT2D eigenvalue weighted by Crippen LogP contribution is -2.33. The highest BCUT2D eigenvalue weighted by Gasteiger charge is 2.28. The fourth-order valence-corrected chi connectivity index (χ4v) is 2.61.